The summed E-state index contributed by atoms with van der Waals surface area (Å²) in [5, 5.41) is 10.9. The van der Waals surface area contributed by atoms with E-state index < -0.39 is 23.3 Å². The van der Waals surface area contributed by atoms with Gasteiger partial charge in [-0.15, -0.1) is 0 Å². The van der Waals surface area contributed by atoms with Gasteiger partial charge in [-0.3, -0.25) is 14.9 Å². The second-order valence-corrected chi connectivity index (χ2v) is 5.13. The summed E-state index contributed by atoms with van der Waals surface area (Å²) in [5.41, 5.74) is 1.72. The van der Waals surface area contributed by atoms with Gasteiger partial charge in [-0.1, -0.05) is 29.8 Å². The molecule has 0 unspecified atom stereocenters. The zero-order valence-electron chi connectivity index (χ0n) is 12.7. The number of ketones is 1. The average molecular weight is 313 g/mol. The number of aryl methyl sites for hydroxylation is 2. The minimum atomic E-state index is -0.608. The van der Waals surface area contributed by atoms with E-state index >= 15 is 0 Å². The lowest BCUT2D eigenvalue weighted by molar-refractivity contribution is -0.385. The number of esters is 1. The lowest BCUT2D eigenvalue weighted by Gasteiger charge is -2.06. The van der Waals surface area contributed by atoms with Gasteiger partial charge in [0.05, 0.1) is 10.5 Å². The molecule has 23 heavy (non-hydrogen) atoms. The van der Waals surface area contributed by atoms with Crippen molar-refractivity contribution in [3.05, 3.63) is 74.8 Å². The van der Waals surface area contributed by atoms with E-state index in [1.165, 1.54) is 18.2 Å². The molecule has 0 radical (unpaired) electrons. The van der Waals surface area contributed by atoms with Crippen molar-refractivity contribution in [1.29, 1.82) is 0 Å². The minimum absolute atomic E-state index is 0.138. The lowest BCUT2D eigenvalue weighted by Crippen LogP contribution is -2.14. The molecule has 2 rings (SSSR count). The van der Waals surface area contributed by atoms with Crippen molar-refractivity contribution < 1.29 is 19.2 Å². The van der Waals surface area contributed by atoms with E-state index in [0.717, 1.165) is 5.56 Å². The smallest absolute Gasteiger partial charge is 0.338 e. The predicted octanol–water partition coefficient (Wildman–Crippen LogP) is 3.25. The maximum Gasteiger partial charge on any atom is 0.338 e. The molecule has 0 heterocycles. The van der Waals surface area contributed by atoms with E-state index in [-0.39, 0.29) is 11.3 Å². The van der Waals surface area contributed by atoms with Gasteiger partial charge < -0.3 is 4.74 Å². The largest absolute Gasteiger partial charge is 0.454 e. The Morgan fingerprint density at radius 2 is 1.83 bits per heavy atom. The normalized spacial score (nSPS) is 10.2. The summed E-state index contributed by atoms with van der Waals surface area (Å²) in [6.07, 6.45) is 0. The Hall–Kier alpha value is -3.02. The third-order valence-corrected chi connectivity index (χ3v) is 3.32. The van der Waals surface area contributed by atoms with Crippen molar-refractivity contribution in [2.24, 2.45) is 0 Å². The predicted molar refractivity (Wildman–Crippen MR) is 83.6 cm³/mol. The summed E-state index contributed by atoms with van der Waals surface area (Å²) >= 11 is 0. The van der Waals surface area contributed by atoms with Crippen LogP contribution < -0.4 is 0 Å². The van der Waals surface area contributed by atoms with Gasteiger partial charge in [0, 0.05) is 17.2 Å². The molecule has 2 aromatic carbocycles. The Morgan fingerprint density at radius 1 is 1.09 bits per heavy atom. The topological polar surface area (TPSA) is 86.5 Å². The average Bonchev–Trinajstić information content (AvgIpc) is 2.52. The highest BCUT2D eigenvalue weighted by Crippen LogP contribution is 2.19. The molecule has 0 saturated heterocycles. The summed E-state index contributed by atoms with van der Waals surface area (Å²) < 4.78 is 4.97. The molecule has 0 bridgehead atoms. The fourth-order valence-corrected chi connectivity index (χ4v) is 2.05. The van der Waals surface area contributed by atoms with Gasteiger partial charge >= 0.3 is 5.97 Å². The van der Waals surface area contributed by atoms with Crippen LogP contribution in [0.4, 0.5) is 5.69 Å². The minimum Gasteiger partial charge on any atom is -0.454 e. The second-order valence-electron chi connectivity index (χ2n) is 5.13. The van der Waals surface area contributed by atoms with E-state index in [9.17, 15) is 19.7 Å². The molecule has 0 aliphatic rings. The van der Waals surface area contributed by atoms with Crippen LogP contribution in [0.2, 0.25) is 0 Å². The fraction of sp³-hybridized carbons (Fsp3) is 0.176. The second kappa shape index (κ2) is 6.83. The molecule has 0 fully saturated rings. The first-order valence-corrected chi connectivity index (χ1v) is 6.90. The molecule has 6 nitrogen and oxygen atoms in total. The Labute approximate surface area is 132 Å². The summed E-state index contributed by atoms with van der Waals surface area (Å²) in [5.74, 6) is -1.10. The van der Waals surface area contributed by atoms with Gasteiger partial charge in [0.15, 0.2) is 6.61 Å². The van der Waals surface area contributed by atoms with Crippen LogP contribution in [-0.2, 0) is 4.74 Å². The van der Waals surface area contributed by atoms with Crippen molar-refractivity contribution in [2.75, 3.05) is 6.61 Å². The number of ether oxygens (including phenoxy) is 1. The number of rotatable bonds is 5. The van der Waals surface area contributed by atoms with Crippen molar-refractivity contribution in [3.63, 3.8) is 0 Å². The van der Waals surface area contributed by atoms with Crippen LogP contribution in [-0.4, -0.2) is 23.3 Å². The van der Waals surface area contributed by atoms with Gasteiger partial charge in [0.2, 0.25) is 5.78 Å². The van der Waals surface area contributed by atoms with E-state index in [2.05, 4.69) is 0 Å². The van der Waals surface area contributed by atoms with Gasteiger partial charge in [-0.25, -0.2) is 4.79 Å². The van der Waals surface area contributed by atoms with Crippen LogP contribution in [0.15, 0.2) is 42.5 Å². The quantitative estimate of drug-likeness (QED) is 0.366. The molecular formula is C17H15NO5. The monoisotopic (exact) mass is 313 g/mol. The molecule has 0 N–H and O–H groups in total. The van der Waals surface area contributed by atoms with Crippen molar-refractivity contribution in [3.8, 4) is 0 Å². The molecule has 0 amide bonds. The molecule has 0 saturated carbocycles. The van der Waals surface area contributed by atoms with E-state index in [0.29, 0.717) is 11.1 Å². The molecular weight excluding hydrogens is 298 g/mol. The maximum atomic E-state index is 12.0. The third-order valence-electron chi connectivity index (χ3n) is 3.32. The van der Waals surface area contributed by atoms with E-state index in [1.807, 2.05) is 13.0 Å². The SMILES string of the molecule is Cc1cccc(C(=O)OCC(=O)c2ccc(C)c([N+](=O)[O-])c2)c1. The van der Waals surface area contributed by atoms with Gasteiger partial charge in [-0.05, 0) is 26.0 Å². The van der Waals surface area contributed by atoms with Crippen molar-refractivity contribution >= 4 is 17.4 Å². The molecule has 6 heteroatoms. The maximum absolute atomic E-state index is 12.0. The van der Waals surface area contributed by atoms with Gasteiger partial charge in [0.25, 0.3) is 5.69 Å². The number of nitro benzene ring substituents is 1. The number of nitro groups is 1. The van der Waals surface area contributed by atoms with E-state index in [4.69, 9.17) is 4.74 Å². The summed E-state index contributed by atoms with van der Waals surface area (Å²) in [4.78, 5) is 34.3. The highest BCUT2D eigenvalue weighted by atomic mass is 16.6. The number of hydrogen-bond acceptors (Lipinski definition) is 5. The fourth-order valence-electron chi connectivity index (χ4n) is 2.05. The molecule has 0 spiro atoms. The number of benzene rings is 2. The van der Waals surface area contributed by atoms with Gasteiger partial charge in [-0.2, -0.15) is 0 Å². The summed E-state index contributed by atoms with van der Waals surface area (Å²) in [6, 6.07) is 11.0. The van der Waals surface area contributed by atoms with Crippen molar-refractivity contribution in [1.82, 2.24) is 0 Å². The van der Waals surface area contributed by atoms with Crippen molar-refractivity contribution in [2.45, 2.75) is 13.8 Å². The zero-order chi connectivity index (χ0) is 17.0. The first-order chi connectivity index (χ1) is 10.9. The van der Waals surface area contributed by atoms with Crippen LogP contribution in [0.1, 0.15) is 31.8 Å². The first kappa shape index (κ1) is 16.4. The highest BCUT2D eigenvalue weighted by Gasteiger charge is 2.16. The first-order valence-electron chi connectivity index (χ1n) is 6.90. The number of carbonyl (C=O) groups is 2. The zero-order valence-corrected chi connectivity index (χ0v) is 12.7. The number of carbonyl (C=O) groups excluding carboxylic acids is 2. The molecule has 0 aromatic heterocycles. The van der Waals surface area contributed by atoms with Crippen LogP contribution >= 0.6 is 0 Å². The molecule has 0 aliphatic carbocycles. The van der Waals surface area contributed by atoms with Crippen LogP contribution in [0.25, 0.3) is 0 Å². The molecule has 0 aliphatic heterocycles. The number of hydrogen-bond donors (Lipinski definition) is 0. The summed E-state index contributed by atoms with van der Waals surface area (Å²) in [7, 11) is 0. The van der Waals surface area contributed by atoms with E-state index in [1.54, 1.807) is 25.1 Å². The Morgan fingerprint density at radius 3 is 2.48 bits per heavy atom. The van der Waals surface area contributed by atoms with Crippen LogP contribution in [0.3, 0.4) is 0 Å². The van der Waals surface area contributed by atoms with Gasteiger partial charge in [0.1, 0.15) is 0 Å². The Balaban J connectivity index is 2.06. The number of Topliss-reactive ketones (excluding diaryl/α,β-unsaturated/α-hetero) is 1. The van der Waals surface area contributed by atoms with Crippen LogP contribution in [0.5, 0.6) is 0 Å². The third kappa shape index (κ3) is 4.00. The van der Waals surface area contributed by atoms with Crippen LogP contribution in [0, 0.1) is 24.0 Å². The molecule has 0 atom stereocenters. The lowest BCUT2D eigenvalue weighted by atomic mass is 10.1. The molecule has 2 aromatic rings. The molecule has 118 valence electrons. The number of nitrogens with zero attached hydrogens (tertiary/aromatic N) is 1. The highest BCUT2D eigenvalue weighted by molar-refractivity contribution is 5.99. The Bertz CT molecular complexity index is 782. The standard InChI is InChI=1S/C17H15NO5/c1-11-4-3-5-14(8-11)17(20)23-10-16(19)13-7-6-12(2)15(9-13)18(21)22/h3-9H,10H2,1-2H3. The Kier molecular flexibility index (Phi) is 4.85. The summed E-state index contributed by atoms with van der Waals surface area (Å²) in [6.45, 7) is 2.96.